The van der Waals surface area contributed by atoms with E-state index in [0.29, 0.717) is 13.0 Å². The number of likely N-dealkylation sites (N-methyl/N-ethyl adjacent to an activating group) is 1. The molecule has 1 atom stereocenters. The maximum atomic E-state index is 11.4. The summed E-state index contributed by atoms with van der Waals surface area (Å²) in [6.07, 6.45) is 3.09. The molecule has 1 amide bonds. The number of carbonyl (C=O) groups excluding carboxylic acids is 1. The summed E-state index contributed by atoms with van der Waals surface area (Å²) in [5.41, 5.74) is 6.76. The fourth-order valence-electron chi connectivity index (χ4n) is 1.75. The lowest BCUT2D eigenvalue weighted by Gasteiger charge is -2.26. The van der Waals surface area contributed by atoms with E-state index >= 15 is 0 Å². The molecule has 0 aliphatic heterocycles. The standard InChI is InChI=1S/C13H22N4O/c1-15-13(18)9-12(10-14)17(2)8-6-11-5-3-4-7-16-11/h3-5,7,12H,6,8-10,14H2,1-2H3,(H,15,18). The zero-order chi connectivity index (χ0) is 13.4. The van der Waals surface area contributed by atoms with E-state index in [-0.39, 0.29) is 11.9 Å². The van der Waals surface area contributed by atoms with Crippen molar-refractivity contribution in [2.24, 2.45) is 5.73 Å². The molecule has 0 aromatic carbocycles. The minimum Gasteiger partial charge on any atom is -0.359 e. The van der Waals surface area contributed by atoms with Crippen LogP contribution in [-0.4, -0.2) is 49.0 Å². The van der Waals surface area contributed by atoms with Crippen molar-refractivity contribution >= 4 is 5.91 Å². The number of hydrogen-bond acceptors (Lipinski definition) is 4. The van der Waals surface area contributed by atoms with Gasteiger partial charge in [0.05, 0.1) is 0 Å². The molecule has 1 unspecified atom stereocenters. The summed E-state index contributed by atoms with van der Waals surface area (Å²) in [6.45, 7) is 1.32. The second-order valence-corrected chi connectivity index (χ2v) is 4.32. The molecule has 0 spiro atoms. The van der Waals surface area contributed by atoms with Gasteiger partial charge in [-0.2, -0.15) is 0 Å². The molecular weight excluding hydrogens is 228 g/mol. The summed E-state index contributed by atoms with van der Waals surface area (Å²) in [6, 6.07) is 5.97. The van der Waals surface area contributed by atoms with Gasteiger partial charge in [-0.25, -0.2) is 0 Å². The molecule has 0 aliphatic rings. The Labute approximate surface area is 108 Å². The Bertz CT molecular complexity index is 355. The van der Waals surface area contributed by atoms with E-state index in [2.05, 4.69) is 15.2 Å². The van der Waals surface area contributed by atoms with Gasteiger partial charge in [-0.3, -0.25) is 9.78 Å². The molecule has 1 aromatic rings. The van der Waals surface area contributed by atoms with Gasteiger partial charge < -0.3 is 16.0 Å². The van der Waals surface area contributed by atoms with Gasteiger partial charge in [-0.1, -0.05) is 6.07 Å². The molecule has 0 radical (unpaired) electrons. The van der Waals surface area contributed by atoms with Crippen molar-refractivity contribution in [3.63, 3.8) is 0 Å². The number of aromatic nitrogens is 1. The topological polar surface area (TPSA) is 71.2 Å². The van der Waals surface area contributed by atoms with E-state index in [1.807, 2.05) is 25.2 Å². The molecule has 1 heterocycles. The van der Waals surface area contributed by atoms with E-state index in [0.717, 1.165) is 18.7 Å². The Balaban J connectivity index is 2.42. The van der Waals surface area contributed by atoms with Crippen LogP contribution in [0.15, 0.2) is 24.4 Å². The lowest BCUT2D eigenvalue weighted by Crippen LogP contribution is -2.42. The molecule has 5 nitrogen and oxygen atoms in total. The quantitative estimate of drug-likeness (QED) is 0.715. The molecule has 3 N–H and O–H groups in total. The van der Waals surface area contributed by atoms with Gasteiger partial charge in [-0.05, 0) is 19.2 Å². The lowest BCUT2D eigenvalue weighted by atomic mass is 10.1. The van der Waals surface area contributed by atoms with Crippen LogP contribution in [0.4, 0.5) is 0 Å². The molecular formula is C13H22N4O. The minimum atomic E-state index is 0.0233. The monoisotopic (exact) mass is 250 g/mol. The third-order valence-corrected chi connectivity index (χ3v) is 3.04. The van der Waals surface area contributed by atoms with Gasteiger partial charge >= 0.3 is 0 Å². The maximum absolute atomic E-state index is 11.4. The molecule has 5 heteroatoms. The average molecular weight is 250 g/mol. The number of hydrogen-bond donors (Lipinski definition) is 2. The first kappa shape index (κ1) is 14.6. The zero-order valence-electron chi connectivity index (χ0n) is 11.1. The molecule has 1 aromatic heterocycles. The van der Waals surface area contributed by atoms with E-state index < -0.39 is 0 Å². The Kier molecular flexibility index (Phi) is 6.32. The highest BCUT2D eigenvalue weighted by atomic mass is 16.1. The second kappa shape index (κ2) is 7.79. The van der Waals surface area contributed by atoms with E-state index in [4.69, 9.17) is 5.73 Å². The number of carbonyl (C=O) groups is 1. The number of pyridine rings is 1. The molecule has 100 valence electrons. The van der Waals surface area contributed by atoms with E-state index in [1.54, 1.807) is 13.2 Å². The van der Waals surface area contributed by atoms with Crippen LogP contribution >= 0.6 is 0 Å². The number of rotatable bonds is 7. The lowest BCUT2D eigenvalue weighted by molar-refractivity contribution is -0.121. The number of nitrogens with two attached hydrogens (primary N) is 1. The van der Waals surface area contributed by atoms with Crippen molar-refractivity contribution in [3.05, 3.63) is 30.1 Å². The Morgan fingerprint density at radius 1 is 1.56 bits per heavy atom. The average Bonchev–Trinajstić information content (AvgIpc) is 2.42. The van der Waals surface area contributed by atoms with Crippen molar-refractivity contribution < 1.29 is 4.79 Å². The smallest absolute Gasteiger partial charge is 0.221 e. The van der Waals surface area contributed by atoms with Crippen molar-refractivity contribution in [3.8, 4) is 0 Å². The van der Waals surface area contributed by atoms with Crippen molar-refractivity contribution in [1.82, 2.24) is 15.2 Å². The third kappa shape index (κ3) is 4.81. The van der Waals surface area contributed by atoms with Crippen molar-refractivity contribution in [2.45, 2.75) is 18.9 Å². The molecule has 0 bridgehead atoms. The largest absolute Gasteiger partial charge is 0.359 e. The third-order valence-electron chi connectivity index (χ3n) is 3.04. The zero-order valence-corrected chi connectivity index (χ0v) is 11.1. The predicted molar refractivity (Wildman–Crippen MR) is 72.1 cm³/mol. The fourth-order valence-corrected chi connectivity index (χ4v) is 1.75. The summed E-state index contributed by atoms with van der Waals surface area (Å²) in [7, 11) is 3.63. The summed E-state index contributed by atoms with van der Waals surface area (Å²) >= 11 is 0. The Morgan fingerprint density at radius 3 is 2.89 bits per heavy atom. The molecule has 0 aliphatic carbocycles. The maximum Gasteiger partial charge on any atom is 0.221 e. The molecule has 0 saturated carbocycles. The minimum absolute atomic E-state index is 0.0233. The Hall–Kier alpha value is -1.46. The number of amides is 1. The summed E-state index contributed by atoms with van der Waals surface area (Å²) in [5.74, 6) is 0.0233. The van der Waals surface area contributed by atoms with Crippen LogP contribution < -0.4 is 11.1 Å². The molecule has 1 rings (SSSR count). The second-order valence-electron chi connectivity index (χ2n) is 4.32. The number of nitrogens with one attached hydrogen (secondary N) is 1. The normalized spacial score (nSPS) is 12.4. The molecule has 0 fully saturated rings. The highest BCUT2D eigenvalue weighted by molar-refractivity contribution is 5.76. The highest BCUT2D eigenvalue weighted by Gasteiger charge is 2.16. The first-order chi connectivity index (χ1) is 8.67. The Morgan fingerprint density at radius 2 is 2.33 bits per heavy atom. The summed E-state index contributed by atoms with van der Waals surface area (Å²) in [4.78, 5) is 17.7. The van der Waals surface area contributed by atoms with Crippen LogP contribution in [0.5, 0.6) is 0 Å². The SMILES string of the molecule is CNC(=O)CC(CN)N(C)CCc1ccccn1. The van der Waals surface area contributed by atoms with Crippen molar-refractivity contribution in [2.75, 3.05) is 27.2 Å². The van der Waals surface area contributed by atoms with Crippen LogP contribution in [0.25, 0.3) is 0 Å². The highest BCUT2D eigenvalue weighted by Crippen LogP contribution is 2.03. The predicted octanol–water partition coefficient (Wildman–Crippen LogP) is 0.0193. The van der Waals surface area contributed by atoms with Gasteiger partial charge in [0.15, 0.2) is 0 Å². The first-order valence-electron chi connectivity index (χ1n) is 6.18. The van der Waals surface area contributed by atoms with Gasteiger partial charge in [0.2, 0.25) is 5.91 Å². The summed E-state index contributed by atoms with van der Waals surface area (Å²) < 4.78 is 0. The van der Waals surface area contributed by atoms with Gasteiger partial charge in [-0.15, -0.1) is 0 Å². The first-order valence-corrected chi connectivity index (χ1v) is 6.18. The van der Waals surface area contributed by atoms with Crippen LogP contribution in [0.2, 0.25) is 0 Å². The van der Waals surface area contributed by atoms with Crippen LogP contribution in [0, 0.1) is 0 Å². The van der Waals surface area contributed by atoms with Crippen LogP contribution in [0.1, 0.15) is 12.1 Å². The molecule has 0 saturated heterocycles. The fraction of sp³-hybridized carbons (Fsp3) is 0.538. The molecule has 18 heavy (non-hydrogen) atoms. The van der Waals surface area contributed by atoms with E-state index in [9.17, 15) is 4.79 Å². The van der Waals surface area contributed by atoms with Gasteiger partial charge in [0.25, 0.3) is 0 Å². The van der Waals surface area contributed by atoms with E-state index in [1.165, 1.54) is 0 Å². The van der Waals surface area contributed by atoms with Gasteiger partial charge in [0, 0.05) is 50.9 Å². The number of nitrogens with zero attached hydrogens (tertiary/aromatic N) is 2. The van der Waals surface area contributed by atoms with Crippen molar-refractivity contribution in [1.29, 1.82) is 0 Å². The van der Waals surface area contributed by atoms with Crippen LogP contribution in [0.3, 0.4) is 0 Å². The van der Waals surface area contributed by atoms with Crippen LogP contribution in [-0.2, 0) is 11.2 Å². The van der Waals surface area contributed by atoms with Gasteiger partial charge in [0.1, 0.15) is 0 Å². The summed E-state index contributed by atoms with van der Waals surface area (Å²) in [5, 5.41) is 2.62.